The van der Waals surface area contributed by atoms with E-state index in [9.17, 15) is 18.0 Å². The number of carbonyl (C=O) groups excluding carboxylic acids is 1. The highest BCUT2D eigenvalue weighted by Gasteiger charge is 2.35. The van der Waals surface area contributed by atoms with Gasteiger partial charge >= 0.3 is 5.97 Å². The van der Waals surface area contributed by atoms with Crippen molar-refractivity contribution in [3.05, 3.63) is 75.5 Å². The molecule has 0 bridgehead atoms. The van der Waals surface area contributed by atoms with Crippen molar-refractivity contribution in [2.45, 2.75) is 31.7 Å². The van der Waals surface area contributed by atoms with Crippen LogP contribution in [0.15, 0.2) is 46.7 Å². The summed E-state index contributed by atoms with van der Waals surface area (Å²) in [5.74, 6) is -2.91. The molecule has 0 radical (unpaired) electrons. The molecular formula is C24H24ClF3N4O2. The topological polar surface area (TPSA) is 66.8 Å². The van der Waals surface area contributed by atoms with Crippen molar-refractivity contribution in [3.8, 4) is 0 Å². The minimum Gasteiger partial charge on any atom is -0.466 e. The number of aromatic nitrogens is 1. The first-order chi connectivity index (χ1) is 16.4. The fourth-order valence-corrected chi connectivity index (χ4v) is 4.52. The SMILES string of the molecule is COC(=O)C1=C(CN2CCCCCC2)NC(c2ncc(F)cc2F)=N[C@H]1c1ccc(F)cc1Cl. The van der Waals surface area contributed by atoms with Crippen molar-refractivity contribution in [2.24, 2.45) is 4.99 Å². The number of carbonyl (C=O) groups is 1. The average molecular weight is 493 g/mol. The lowest BCUT2D eigenvalue weighted by molar-refractivity contribution is -0.136. The van der Waals surface area contributed by atoms with Crippen molar-refractivity contribution in [2.75, 3.05) is 26.7 Å². The molecule has 180 valence electrons. The monoisotopic (exact) mass is 492 g/mol. The van der Waals surface area contributed by atoms with Gasteiger partial charge in [-0.1, -0.05) is 30.5 Å². The van der Waals surface area contributed by atoms with Crippen LogP contribution in [0.4, 0.5) is 13.2 Å². The fourth-order valence-electron chi connectivity index (χ4n) is 4.25. The second-order valence-electron chi connectivity index (χ2n) is 8.23. The normalized spacial score (nSPS) is 19.3. The standard InChI is InChI=1S/C24H24ClF3N4O2/c1-34-24(33)20-19(13-32-8-4-2-3-5-9-32)30-23(22-18(28)11-15(27)12-29-22)31-21(20)16-7-6-14(26)10-17(16)25/h6-7,10-12,21H,2-5,8-9,13H2,1H3,(H,30,31)/t21-/m0/s1. The Bertz CT molecular complexity index is 1150. The van der Waals surface area contributed by atoms with Crippen molar-refractivity contribution in [1.29, 1.82) is 0 Å². The number of halogens is 4. The number of amidine groups is 1. The molecule has 10 heteroatoms. The average Bonchev–Trinajstić information content (AvgIpc) is 3.07. The highest BCUT2D eigenvalue weighted by atomic mass is 35.5. The number of hydrogen-bond acceptors (Lipinski definition) is 6. The number of methoxy groups -OCH3 is 1. The summed E-state index contributed by atoms with van der Waals surface area (Å²) in [5.41, 5.74) is 0.779. The number of benzene rings is 1. The second-order valence-corrected chi connectivity index (χ2v) is 8.64. The number of nitrogens with zero attached hydrogens (tertiary/aromatic N) is 3. The number of esters is 1. The van der Waals surface area contributed by atoms with E-state index in [1.165, 1.54) is 19.2 Å². The number of hydrogen-bond donors (Lipinski definition) is 1. The maximum atomic E-state index is 14.6. The van der Waals surface area contributed by atoms with Crippen LogP contribution < -0.4 is 5.32 Å². The van der Waals surface area contributed by atoms with Gasteiger partial charge in [-0.25, -0.2) is 22.9 Å². The van der Waals surface area contributed by atoms with Gasteiger partial charge in [-0.05, 0) is 38.1 Å². The van der Waals surface area contributed by atoms with E-state index in [2.05, 4.69) is 20.2 Å². The Morgan fingerprint density at radius 2 is 1.88 bits per heavy atom. The Hall–Kier alpha value is -2.91. The summed E-state index contributed by atoms with van der Waals surface area (Å²) in [4.78, 5) is 23.5. The van der Waals surface area contributed by atoms with E-state index in [0.717, 1.165) is 51.0 Å². The van der Waals surface area contributed by atoms with Gasteiger partial charge in [0, 0.05) is 28.9 Å². The molecule has 1 aromatic heterocycles. The minimum absolute atomic E-state index is 0.0142. The third-order valence-electron chi connectivity index (χ3n) is 5.90. The van der Waals surface area contributed by atoms with Crippen molar-refractivity contribution < 1.29 is 22.7 Å². The Kier molecular flexibility index (Phi) is 7.53. The molecule has 2 aromatic rings. The molecule has 1 N–H and O–H groups in total. The summed E-state index contributed by atoms with van der Waals surface area (Å²) in [5, 5.41) is 3.09. The largest absolute Gasteiger partial charge is 0.466 e. The molecular weight excluding hydrogens is 469 g/mol. The summed E-state index contributed by atoms with van der Waals surface area (Å²) >= 11 is 6.33. The van der Waals surface area contributed by atoms with E-state index in [-0.39, 0.29) is 22.1 Å². The Morgan fingerprint density at radius 1 is 1.15 bits per heavy atom. The van der Waals surface area contributed by atoms with Crippen LogP contribution in [0.3, 0.4) is 0 Å². The van der Waals surface area contributed by atoms with Gasteiger partial charge in [-0.15, -0.1) is 0 Å². The van der Waals surface area contributed by atoms with Gasteiger partial charge in [0.1, 0.15) is 23.4 Å². The molecule has 1 saturated heterocycles. The molecule has 0 unspecified atom stereocenters. The molecule has 2 aliphatic rings. The molecule has 4 rings (SSSR count). The summed E-state index contributed by atoms with van der Waals surface area (Å²) in [6, 6.07) is 3.45. The summed E-state index contributed by atoms with van der Waals surface area (Å²) in [7, 11) is 1.25. The van der Waals surface area contributed by atoms with Crippen LogP contribution in [0.1, 0.15) is 43.0 Å². The van der Waals surface area contributed by atoms with Crippen molar-refractivity contribution in [3.63, 3.8) is 0 Å². The predicted molar refractivity (Wildman–Crippen MR) is 122 cm³/mol. The Balaban J connectivity index is 1.84. The highest BCUT2D eigenvalue weighted by molar-refractivity contribution is 6.31. The molecule has 1 atom stereocenters. The first kappa shape index (κ1) is 24.2. The lowest BCUT2D eigenvalue weighted by Gasteiger charge is -2.30. The molecule has 6 nitrogen and oxygen atoms in total. The molecule has 1 aromatic carbocycles. The smallest absolute Gasteiger partial charge is 0.338 e. The maximum Gasteiger partial charge on any atom is 0.338 e. The molecule has 3 heterocycles. The molecule has 0 aliphatic carbocycles. The van der Waals surface area contributed by atoms with Crippen molar-refractivity contribution in [1.82, 2.24) is 15.2 Å². The van der Waals surface area contributed by atoms with Gasteiger partial charge < -0.3 is 10.1 Å². The number of pyridine rings is 1. The molecule has 0 amide bonds. The number of ether oxygens (including phenoxy) is 1. The van der Waals surface area contributed by atoms with E-state index in [1.807, 2.05) is 0 Å². The summed E-state index contributed by atoms with van der Waals surface area (Å²) in [6.45, 7) is 2.01. The number of rotatable bonds is 5. The van der Waals surface area contributed by atoms with Crippen LogP contribution in [0, 0.1) is 17.5 Å². The lowest BCUT2D eigenvalue weighted by Crippen LogP contribution is -2.40. The van der Waals surface area contributed by atoms with Gasteiger partial charge in [0.05, 0.1) is 18.9 Å². The maximum absolute atomic E-state index is 14.6. The minimum atomic E-state index is -1.01. The Labute approximate surface area is 200 Å². The molecule has 0 saturated carbocycles. The van der Waals surface area contributed by atoms with Gasteiger partial charge in [0.25, 0.3) is 0 Å². The van der Waals surface area contributed by atoms with Crippen LogP contribution in [0.2, 0.25) is 5.02 Å². The number of nitrogens with one attached hydrogen (secondary N) is 1. The zero-order chi connectivity index (χ0) is 24.2. The first-order valence-electron chi connectivity index (χ1n) is 11.0. The van der Waals surface area contributed by atoms with E-state index >= 15 is 0 Å². The van der Waals surface area contributed by atoms with E-state index in [0.29, 0.717) is 23.9 Å². The van der Waals surface area contributed by atoms with Crippen LogP contribution in [0.25, 0.3) is 0 Å². The quantitative estimate of drug-likeness (QED) is 0.620. The van der Waals surface area contributed by atoms with Gasteiger partial charge in [-0.2, -0.15) is 0 Å². The Morgan fingerprint density at radius 3 is 2.53 bits per heavy atom. The number of aliphatic imine (C=N–C) groups is 1. The third-order valence-corrected chi connectivity index (χ3v) is 6.23. The van der Waals surface area contributed by atoms with E-state index < -0.39 is 29.5 Å². The molecule has 2 aliphatic heterocycles. The van der Waals surface area contributed by atoms with E-state index in [1.54, 1.807) is 0 Å². The molecule has 1 fully saturated rings. The van der Waals surface area contributed by atoms with Crippen LogP contribution >= 0.6 is 11.6 Å². The van der Waals surface area contributed by atoms with Crippen LogP contribution in [-0.2, 0) is 9.53 Å². The predicted octanol–water partition coefficient (Wildman–Crippen LogP) is 4.55. The fraction of sp³-hybridized carbons (Fsp3) is 0.375. The van der Waals surface area contributed by atoms with Crippen molar-refractivity contribution >= 4 is 23.4 Å². The van der Waals surface area contributed by atoms with Crippen LogP contribution in [0.5, 0.6) is 0 Å². The highest BCUT2D eigenvalue weighted by Crippen LogP contribution is 2.36. The zero-order valence-electron chi connectivity index (χ0n) is 18.6. The molecule has 34 heavy (non-hydrogen) atoms. The van der Waals surface area contributed by atoms with Gasteiger partial charge in [0.2, 0.25) is 0 Å². The lowest BCUT2D eigenvalue weighted by atomic mass is 9.94. The molecule has 0 spiro atoms. The van der Waals surface area contributed by atoms with E-state index in [4.69, 9.17) is 16.3 Å². The number of likely N-dealkylation sites (tertiary alicyclic amines) is 1. The third kappa shape index (κ3) is 5.26. The summed E-state index contributed by atoms with van der Waals surface area (Å²) < 4.78 is 46.9. The second kappa shape index (κ2) is 10.6. The zero-order valence-corrected chi connectivity index (χ0v) is 19.3. The first-order valence-corrected chi connectivity index (χ1v) is 11.4. The van der Waals surface area contributed by atoms with Gasteiger partial charge in [-0.3, -0.25) is 9.89 Å². The summed E-state index contributed by atoms with van der Waals surface area (Å²) in [6.07, 6.45) is 5.17. The van der Waals surface area contributed by atoms with Gasteiger partial charge in [0.15, 0.2) is 11.7 Å². The van der Waals surface area contributed by atoms with Crippen LogP contribution in [-0.4, -0.2) is 48.4 Å².